The van der Waals surface area contributed by atoms with Crippen molar-refractivity contribution in [3.8, 4) is 0 Å². The summed E-state index contributed by atoms with van der Waals surface area (Å²) in [6.07, 6.45) is 2.26. The summed E-state index contributed by atoms with van der Waals surface area (Å²) >= 11 is 0. The quantitative estimate of drug-likeness (QED) is 0.617. The van der Waals surface area contributed by atoms with Crippen LogP contribution in [0.15, 0.2) is 46.3 Å². The van der Waals surface area contributed by atoms with Gasteiger partial charge in [-0.25, -0.2) is 22.7 Å². The molecule has 164 valence electrons. The zero-order valence-corrected chi connectivity index (χ0v) is 18.9. The predicted molar refractivity (Wildman–Crippen MR) is 115 cm³/mol. The Morgan fingerprint density at radius 3 is 2.55 bits per heavy atom. The van der Waals surface area contributed by atoms with Crippen molar-refractivity contribution < 1.29 is 17.9 Å². The van der Waals surface area contributed by atoms with Gasteiger partial charge in [0.05, 0.1) is 22.8 Å². The van der Waals surface area contributed by atoms with Gasteiger partial charge in [-0.2, -0.15) is 5.10 Å². The van der Waals surface area contributed by atoms with Gasteiger partial charge in [0.2, 0.25) is 9.84 Å². The van der Waals surface area contributed by atoms with Crippen LogP contribution in [0.5, 0.6) is 0 Å². The number of carbonyl (C=O) groups is 1. The van der Waals surface area contributed by atoms with E-state index in [1.165, 1.54) is 0 Å². The minimum Gasteiger partial charge on any atom is -0.444 e. The molecule has 31 heavy (non-hydrogen) atoms. The maximum atomic E-state index is 13.4. The summed E-state index contributed by atoms with van der Waals surface area (Å²) in [6.45, 7) is 8.18. The van der Waals surface area contributed by atoms with Crippen LogP contribution in [0.25, 0.3) is 5.65 Å². The predicted octanol–water partition coefficient (Wildman–Crippen LogP) is 3.42. The Bertz CT molecular complexity index is 1240. The number of carbonyl (C=O) groups excluding carboxylic acids is 1. The fourth-order valence-electron chi connectivity index (χ4n) is 3.72. The Morgan fingerprint density at radius 2 is 1.90 bits per heavy atom. The molecule has 0 saturated carbocycles. The summed E-state index contributed by atoms with van der Waals surface area (Å²) in [4.78, 5) is 18.9. The van der Waals surface area contributed by atoms with Gasteiger partial charge in [0.15, 0.2) is 5.65 Å². The highest BCUT2D eigenvalue weighted by molar-refractivity contribution is 7.91. The molecule has 2 aromatic heterocycles. The second-order valence-electron chi connectivity index (χ2n) is 8.56. The van der Waals surface area contributed by atoms with Crippen LogP contribution < -0.4 is 0 Å². The molecule has 0 radical (unpaired) electrons. The van der Waals surface area contributed by atoms with Crippen LogP contribution in [0.1, 0.15) is 44.6 Å². The van der Waals surface area contributed by atoms with E-state index in [0.717, 1.165) is 11.3 Å². The number of sulfone groups is 1. The third-order valence-corrected chi connectivity index (χ3v) is 6.99. The van der Waals surface area contributed by atoms with Crippen molar-refractivity contribution in [3.05, 3.63) is 53.5 Å². The molecular formula is C22H26N4O4S. The van der Waals surface area contributed by atoms with E-state index in [-0.39, 0.29) is 15.9 Å². The van der Waals surface area contributed by atoms with Gasteiger partial charge in [-0.05, 0) is 39.3 Å². The molecule has 9 heteroatoms. The second kappa shape index (κ2) is 7.64. The zero-order valence-electron chi connectivity index (χ0n) is 18.1. The Balaban J connectivity index is 1.77. The SMILES string of the molecule is CCc1nn2c3c(cnc2c1S(=O)(=O)c1ccccc1)CN(C(=O)OC(C)(C)C)CC3. The Labute approximate surface area is 181 Å². The van der Waals surface area contributed by atoms with Crippen LogP contribution in [-0.2, 0) is 34.0 Å². The molecule has 0 bridgehead atoms. The summed E-state index contributed by atoms with van der Waals surface area (Å²) in [5.41, 5.74) is 1.94. The Morgan fingerprint density at radius 1 is 1.19 bits per heavy atom. The van der Waals surface area contributed by atoms with Crippen molar-refractivity contribution in [2.75, 3.05) is 6.54 Å². The van der Waals surface area contributed by atoms with Crippen LogP contribution in [0, 0.1) is 0 Å². The first-order valence-corrected chi connectivity index (χ1v) is 11.8. The van der Waals surface area contributed by atoms with E-state index in [9.17, 15) is 13.2 Å². The summed E-state index contributed by atoms with van der Waals surface area (Å²) in [6, 6.07) is 8.33. The second-order valence-corrected chi connectivity index (χ2v) is 10.4. The van der Waals surface area contributed by atoms with E-state index in [2.05, 4.69) is 10.1 Å². The van der Waals surface area contributed by atoms with E-state index < -0.39 is 15.4 Å². The van der Waals surface area contributed by atoms with Crippen LogP contribution in [0.2, 0.25) is 0 Å². The van der Waals surface area contributed by atoms with Gasteiger partial charge in [-0.3, -0.25) is 0 Å². The maximum Gasteiger partial charge on any atom is 0.410 e. The number of amides is 1. The highest BCUT2D eigenvalue weighted by atomic mass is 32.2. The lowest BCUT2D eigenvalue weighted by Gasteiger charge is -2.31. The van der Waals surface area contributed by atoms with Gasteiger partial charge in [0, 0.05) is 24.7 Å². The molecular weight excluding hydrogens is 416 g/mol. The van der Waals surface area contributed by atoms with E-state index in [4.69, 9.17) is 4.74 Å². The van der Waals surface area contributed by atoms with Crippen LogP contribution in [-0.4, -0.2) is 46.2 Å². The summed E-state index contributed by atoms with van der Waals surface area (Å²) < 4.78 is 33.9. The molecule has 0 unspecified atom stereocenters. The minimum absolute atomic E-state index is 0.151. The molecule has 4 rings (SSSR count). The van der Waals surface area contributed by atoms with Gasteiger partial charge < -0.3 is 9.64 Å². The van der Waals surface area contributed by atoms with Gasteiger partial charge in [-0.1, -0.05) is 25.1 Å². The number of nitrogens with zero attached hydrogens (tertiary/aromatic N) is 4. The molecule has 0 spiro atoms. The van der Waals surface area contributed by atoms with Crippen molar-refractivity contribution in [3.63, 3.8) is 0 Å². The smallest absolute Gasteiger partial charge is 0.410 e. The highest BCUT2D eigenvalue weighted by Gasteiger charge is 2.31. The van der Waals surface area contributed by atoms with Gasteiger partial charge in [-0.15, -0.1) is 0 Å². The highest BCUT2D eigenvalue weighted by Crippen LogP contribution is 2.30. The maximum absolute atomic E-state index is 13.4. The molecule has 1 aromatic carbocycles. The largest absolute Gasteiger partial charge is 0.444 e. The van der Waals surface area contributed by atoms with E-state index in [0.29, 0.717) is 37.3 Å². The Kier molecular flexibility index (Phi) is 5.25. The number of ether oxygens (including phenoxy) is 1. The first-order valence-electron chi connectivity index (χ1n) is 10.3. The molecule has 0 saturated heterocycles. The van der Waals surface area contributed by atoms with Crippen molar-refractivity contribution in [1.29, 1.82) is 0 Å². The lowest BCUT2D eigenvalue weighted by molar-refractivity contribution is 0.0222. The lowest BCUT2D eigenvalue weighted by Crippen LogP contribution is -2.40. The first kappa shape index (κ1) is 21.3. The molecule has 0 fully saturated rings. The molecule has 1 aliphatic rings. The van der Waals surface area contributed by atoms with Gasteiger partial charge in [0.1, 0.15) is 10.5 Å². The third-order valence-electron chi connectivity index (χ3n) is 5.14. The normalized spacial score (nSPS) is 14.5. The topological polar surface area (TPSA) is 93.9 Å². The molecule has 3 heterocycles. The molecule has 0 atom stereocenters. The molecule has 0 N–H and O–H groups in total. The fraction of sp³-hybridized carbons (Fsp3) is 0.409. The number of hydrogen-bond acceptors (Lipinski definition) is 6. The summed E-state index contributed by atoms with van der Waals surface area (Å²) in [5.74, 6) is 0. The van der Waals surface area contributed by atoms with Crippen LogP contribution in [0.4, 0.5) is 4.79 Å². The summed E-state index contributed by atoms with van der Waals surface area (Å²) in [7, 11) is -3.77. The van der Waals surface area contributed by atoms with E-state index in [1.54, 1.807) is 45.9 Å². The van der Waals surface area contributed by atoms with Gasteiger partial charge >= 0.3 is 6.09 Å². The number of hydrogen-bond donors (Lipinski definition) is 0. The fourth-order valence-corrected chi connectivity index (χ4v) is 5.35. The minimum atomic E-state index is -3.77. The van der Waals surface area contributed by atoms with Crippen LogP contribution >= 0.6 is 0 Å². The molecule has 1 amide bonds. The average molecular weight is 443 g/mol. The number of benzene rings is 1. The number of aryl methyl sites for hydroxylation is 1. The zero-order chi connectivity index (χ0) is 22.4. The number of rotatable bonds is 3. The first-order chi connectivity index (χ1) is 14.6. The molecule has 3 aromatic rings. The monoisotopic (exact) mass is 442 g/mol. The Hall–Kier alpha value is -2.94. The van der Waals surface area contributed by atoms with Crippen molar-refractivity contribution >= 4 is 21.6 Å². The van der Waals surface area contributed by atoms with Crippen molar-refractivity contribution in [2.45, 2.75) is 62.5 Å². The average Bonchev–Trinajstić information content (AvgIpc) is 3.12. The lowest BCUT2D eigenvalue weighted by atomic mass is 10.1. The van der Waals surface area contributed by atoms with Crippen molar-refractivity contribution in [2.24, 2.45) is 0 Å². The van der Waals surface area contributed by atoms with E-state index >= 15 is 0 Å². The molecule has 1 aliphatic heterocycles. The van der Waals surface area contributed by atoms with E-state index in [1.807, 2.05) is 27.7 Å². The summed E-state index contributed by atoms with van der Waals surface area (Å²) in [5, 5.41) is 4.61. The standard InChI is InChI=1S/C22H26N4O4S/c1-5-17-19(31(28,29)16-9-7-6-8-10-16)20-23-13-15-14-25(21(27)30-22(2,3)4)12-11-18(15)26(20)24-17/h6-10,13H,5,11-12,14H2,1-4H3. The molecule has 8 nitrogen and oxygen atoms in total. The van der Waals surface area contributed by atoms with Crippen LogP contribution in [0.3, 0.4) is 0 Å². The number of aromatic nitrogens is 3. The van der Waals surface area contributed by atoms with Crippen molar-refractivity contribution in [1.82, 2.24) is 19.5 Å². The molecule has 0 aliphatic carbocycles. The number of fused-ring (bicyclic) bond motifs is 3. The van der Waals surface area contributed by atoms with Gasteiger partial charge in [0.25, 0.3) is 0 Å². The third kappa shape index (κ3) is 3.89.